The van der Waals surface area contributed by atoms with Crippen LogP contribution in [-0.4, -0.2) is 32.4 Å². The molecule has 96 valence electrons. The van der Waals surface area contributed by atoms with Gasteiger partial charge in [-0.2, -0.15) is 5.10 Å². The number of carboxylic acids is 1. The number of aromatic carboxylic acids is 1. The van der Waals surface area contributed by atoms with Gasteiger partial charge in [0.05, 0.1) is 0 Å². The summed E-state index contributed by atoms with van der Waals surface area (Å²) in [7, 11) is 0. The highest BCUT2D eigenvalue weighted by molar-refractivity contribution is 7.15. The standard InChI is InChI=1S/C11H14N4O2S/c1-8-9(10(16)17)14-11(18-8)12-4-2-6-15-7-3-5-13-15/h3,5,7H,2,4,6H2,1H3,(H,12,14)(H,16,17). The summed E-state index contributed by atoms with van der Waals surface area (Å²) >= 11 is 1.37. The Morgan fingerprint density at radius 2 is 2.44 bits per heavy atom. The maximum absolute atomic E-state index is 10.8. The molecule has 0 spiro atoms. The predicted molar refractivity (Wildman–Crippen MR) is 69.1 cm³/mol. The molecule has 6 nitrogen and oxygen atoms in total. The first-order valence-electron chi connectivity index (χ1n) is 5.59. The lowest BCUT2D eigenvalue weighted by Gasteiger charge is -2.02. The minimum atomic E-state index is -0.978. The molecule has 0 saturated heterocycles. The SMILES string of the molecule is Cc1sc(NCCCn2cccn2)nc1C(=O)O. The Balaban J connectivity index is 1.80. The number of nitrogens with zero attached hydrogens (tertiary/aromatic N) is 3. The fourth-order valence-corrected chi connectivity index (χ4v) is 2.37. The topological polar surface area (TPSA) is 80.0 Å². The summed E-state index contributed by atoms with van der Waals surface area (Å²) in [6.45, 7) is 3.33. The number of nitrogens with one attached hydrogen (secondary N) is 1. The highest BCUT2D eigenvalue weighted by atomic mass is 32.1. The first-order chi connectivity index (χ1) is 8.66. The second-order valence-corrected chi connectivity index (χ2v) is 4.98. The van der Waals surface area contributed by atoms with Crippen molar-refractivity contribution in [2.45, 2.75) is 19.9 Å². The summed E-state index contributed by atoms with van der Waals surface area (Å²) in [5.41, 5.74) is 0.134. The van der Waals surface area contributed by atoms with E-state index in [1.165, 1.54) is 11.3 Å². The van der Waals surface area contributed by atoms with E-state index in [1.807, 2.05) is 16.9 Å². The molecular formula is C11H14N4O2S. The number of hydrogen-bond acceptors (Lipinski definition) is 5. The van der Waals surface area contributed by atoms with Gasteiger partial charge in [-0.15, -0.1) is 11.3 Å². The summed E-state index contributed by atoms with van der Waals surface area (Å²) in [5, 5.41) is 16.8. The molecule has 0 saturated carbocycles. The number of carboxylic acid groups (broad SMARTS) is 1. The van der Waals surface area contributed by atoms with Crippen molar-refractivity contribution >= 4 is 22.4 Å². The Labute approximate surface area is 108 Å². The van der Waals surface area contributed by atoms with Crippen molar-refractivity contribution in [1.29, 1.82) is 0 Å². The van der Waals surface area contributed by atoms with Crippen LogP contribution >= 0.6 is 11.3 Å². The average molecular weight is 266 g/mol. The van der Waals surface area contributed by atoms with E-state index in [2.05, 4.69) is 15.4 Å². The number of aromatic nitrogens is 3. The van der Waals surface area contributed by atoms with Crippen molar-refractivity contribution < 1.29 is 9.90 Å². The third-order valence-corrected chi connectivity index (χ3v) is 3.33. The summed E-state index contributed by atoms with van der Waals surface area (Å²) in [6, 6.07) is 1.89. The van der Waals surface area contributed by atoms with Crippen molar-refractivity contribution in [3.63, 3.8) is 0 Å². The Bertz CT molecular complexity index is 521. The minimum absolute atomic E-state index is 0.134. The second-order valence-electron chi connectivity index (χ2n) is 3.78. The molecule has 0 radical (unpaired) electrons. The largest absolute Gasteiger partial charge is 0.476 e. The molecule has 0 aromatic carbocycles. The van der Waals surface area contributed by atoms with Gasteiger partial charge in [0.2, 0.25) is 0 Å². The van der Waals surface area contributed by atoms with E-state index < -0.39 is 5.97 Å². The lowest BCUT2D eigenvalue weighted by Crippen LogP contribution is -2.07. The van der Waals surface area contributed by atoms with Crippen molar-refractivity contribution in [3.8, 4) is 0 Å². The number of thiazole rings is 1. The Morgan fingerprint density at radius 1 is 1.61 bits per heavy atom. The number of carbonyl (C=O) groups is 1. The smallest absolute Gasteiger partial charge is 0.355 e. The molecule has 0 amide bonds. The van der Waals surface area contributed by atoms with Gasteiger partial charge < -0.3 is 10.4 Å². The number of aryl methyl sites for hydroxylation is 2. The second kappa shape index (κ2) is 5.63. The molecule has 7 heteroatoms. The number of hydrogen-bond donors (Lipinski definition) is 2. The zero-order chi connectivity index (χ0) is 13.0. The van der Waals surface area contributed by atoms with E-state index in [0.717, 1.165) is 24.4 Å². The van der Waals surface area contributed by atoms with Gasteiger partial charge in [-0.1, -0.05) is 0 Å². The molecule has 2 aromatic rings. The molecule has 0 atom stereocenters. The van der Waals surface area contributed by atoms with Crippen molar-refractivity contribution in [3.05, 3.63) is 29.0 Å². The first kappa shape index (κ1) is 12.6. The normalized spacial score (nSPS) is 10.5. The van der Waals surface area contributed by atoms with Crippen LogP contribution in [0.25, 0.3) is 0 Å². The van der Waals surface area contributed by atoms with Crippen molar-refractivity contribution in [2.75, 3.05) is 11.9 Å². The monoisotopic (exact) mass is 266 g/mol. The van der Waals surface area contributed by atoms with Crippen LogP contribution < -0.4 is 5.32 Å². The minimum Gasteiger partial charge on any atom is -0.476 e. The highest BCUT2D eigenvalue weighted by Gasteiger charge is 2.13. The molecule has 0 fully saturated rings. The quantitative estimate of drug-likeness (QED) is 0.780. The van der Waals surface area contributed by atoms with E-state index in [9.17, 15) is 4.79 Å². The summed E-state index contributed by atoms with van der Waals surface area (Å²) in [4.78, 5) is 15.6. The van der Waals surface area contributed by atoms with Crippen LogP contribution in [0.4, 0.5) is 5.13 Å². The fraction of sp³-hybridized carbons (Fsp3) is 0.364. The third kappa shape index (κ3) is 3.07. The van der Waals surface area contributed by atoms with E-state index in [-0.39, 0.29) is 5.69 Å². The van der Waals surface area contributed by atoms with Crippen LogP contribution in [0, 0.1) is 6.92 Å². The van der Waals surface area contributed by atoms with Crippen LogP contribution in [0.2, 0.25) is 0 Å². The number of rotatable bonds is 6. The zero-order valence-electron chi connectivity index (χ0n) is 9.96. The van der Waals surface area contributed by atoms with Gasteiger partial charge in [-0.3, -0.25) is 4.68 Å². The molecule has 2 aromatic heterocycles. The van der Waals surface area contributed by atoms with Crippen LogP contribution in [0.1, 0.15) is 21.8 Å². The molecule has 2 rings (SSSR count). The molecule has 0 aliphatic heterocycles. The zero-order valence-corrected chi connectivity index (χ0v) is 10.8. The van der Waals surface area contributed by atoms with Gasteiger partial charge in [0.15, 0.2) is 10.8 Å². The third-order valence-electron chi connectivity index (χ3n) is 2.40. The number of anilines is 1. The maximum Gasteiger partial charge on any atom is 0.355 e. The van der Waals surface area contributed by atoms with E-state index in [1.54, 1.807) is 13.1 Å². The first-order valence-corrected chi connectivity index (χ1v) is 6.40. The van der Waals surface area contributed by atoms with Crippen LogP contribution in [-0.2, 0) is 6.54 Å². The van der Waals surface area contributed by atoms with Gasteiger partial charge in [0.1, 0.15) is 0 Å². The van der Waals surface area contributed by atoms with Gasteiger partial charge in [0.25, 0.3) is 0 Å². The van der Waals surface area contributed by atoms with E-state index >= 15 is 0 Å². The molecule has 0 unspecified atom stereocenters. The molecule has 0 aliphatic rings. The maximum atomic E-state index is 10.8. The Kier molecular flexibility index (Phi) is 3.93. The Hall–Kier alpha value is -1.89. The van der Waals surface area contributed by atoms with Crippen LogP contribution in [0.15, 0.2) is 18.5 Å². The summed E-state index contributed by atoms with van der Waals surface area (Å²) in [5.74, 6) is -0.978. The molecule has 2 heterocycles. The fourth-order valence-electron chi connectivity index (χ4n) is 1.54. The Morgan fingerprint density at radius 3 is 3.06 bits per heavy atom. The van der Waals surface area contributed by atoms with E-state index in [0.29, 0.717) is 5.13 Å². The van der Waals surface area contributed by atoms with Gasteiger partial charge in [-0.05, 0) is 19.4 Å². The lowest BCUT2D eigenvalue weighted by molar-refractivity contribution is 0.0690. The lowest BCUT2D eigenvalue weighted by atomic mass is 10.4. The van der Waals surface area contributed by atoms with E-state index in [4.69, 9.17) is 5.11 Å². The summed E-state index contributed by atoms with van der Waals surface area (Å²) < 4.78 is 1.86. The highest BCUT2D eigenvalue weighted by Crippen LogP contribution is 2.21. The van der Waals surface area contributed by atoms with Gasteiger partial charge >= 0.3 is 5.97 Å². The molecule has 0 bridgehead atoms. The summed E-state index contributed by atoms with van der Waals surface area (Å²) in [6.07, 6.45) is 4.57. The predicted octanol–water partition coefficient (Wildman–Crippen LogP) is 1.85. The van der Waals surface area contributed by atoms with Crippen molar-refractivity contribution in [1.82, 2.24) is 14.8 Å². The average Bonchev–Trinajstić information content (AvgIpc) is 2.94. The van der Waals surface area contributed by atoms with Gasteiger partial charge in [-0.25, -0.2) is 9.78 Å². The molecule has 0 aliphatic carbocycles. The molecular weight excluding hydrogens is 252 g/mol. The van der Waals surface area contributed by atoms with Crippen molar-refractivity contribution in [2.24, 2.45) is 0 Å². The molecule has 18 heavy (non-hydrogen) atoms. The molecule has 2 N–H and O–H groups in total. The van der Waals surface area contributed by atoms with Crippen LogP contribution in [0.3, 0.4) is 0 Å². The van der Waals surface area contributed by atoms with Gasteiger partial charge in [0, 0.05) is 30.4 Å². The van der Waals surface area contributed by atoms with Crippen LogP contribution in [0.5, 0.6) is 0 Å².